The van der Waals surface area contributed by atoms with E-state index < -0.39 is 11.7 Å². The molecule has 0 aliphatic heterocycles. The van der Waals surface area contributed by atoms with Gasteiger partial charge in [-0.2, -0.15) is 13.2 Å². The van der Waals surface area contributed by atoms with Crippen LogP contribution in [0.25, 0.3) is 0 Å². The second kappa shape index (κ2) is 11.6. The molecular formula is C18H23F3IN5. The number of benzene rings is 1. The third-order valence-corrected chi connectivity index (χ3v) is 3.60. The van der Waals surface area contributed by atoms with Gasteiger partial charge < -0.3 is 16.0 Å². The maximum absolute atomic E-state index is 12.9. The number of halogens is 4. The first-order chi connectivity index (χ1) is 12.5. The van der Waals surface area contributed by atoms with Gasteiger partial charge in [-0.3, -0.25) is 4.99 Å². The molecule has 9 heteroatoms. The van der Waals surface area contributed by atoms with Gasteiger partial charge in [0.25, 0.3) is 0 Å². The standard InChI is InChI=1S/C18H22F3N5.HI/c1-22-17(25-11-9-14-6-3-2-4-7-14)26-13-12-24-16-15(18(19,20)21)8-5-10-23-16;/h2-8,10H,9,11-13H2,1H3,(H,23,24)(H2,22,25,26);1H. The van der Waals surface area contributed by atoms with Crippen LogP contribution in [0.1, 0.15) is 11.1 Å². The summed E-state index contributed by atoms with van der Waals surface area (Å²) < 4.78 is 38.7. The molecule has 0 amide bonds. The number of nitrogens with zero attached hydrogens (tertiary/aromatic N) is 2. The Morgan fingerprint density at radius 2 is 1.70 bits per heavy atom. The molecule has 27 heavy (non-hydrogen) atoms. The van der Waals surface area contributed by atoms with Crippen LogP contribution in [0.5, 0.6) is 0 Å². The van der Waals surface area contributed by atoms with E-state index in [1.165, 1.54) is 17.8 Å². The summed E-state index contributed by atoms with van der Waals surface area (Å²) in [4.78, 5) is 7.85. The SMILES string of the molecule is CN=C(NCCNc1ncccc1C(F)(F)F)NCCc1ccccc1.I. The van der Waals surface area contributed by atoms with Crippen LogP contribution in [0.2, 0.25) is 0 Å². The highest BCUT2D eigenvalue weighted by Gasteiger charge is 2.33. The van der Waals surface area contributed by atoms with Crippen molar-refractivity contribution in [3.05, 3.63) is 59.8 Å². The summed E-state index contributed by atoms with van der Waals surface area (Å²) in [6, 6.07) is 12.3. The Balaban J connectivity index is 0.00000364. The molecule has 2 aromatic rings. The van der Waals surface area contributed by atoms with Crippen LogP contribution in [-0.4, -0.2) is 37.6 Å². The molecule has 0 spiro atoms. The lowest BCUT2D eigenvalue weighted by atomic mass is 10.1. The Kier molecular flexibility index (Phi) is 9.90. The third-order valence-electron chi connectivity index (χ3n) is 3.60. The van der Waals surface area contributed by atoms with Gasteiger partial charge in [-0.25, -0.2) is 4.98 Å². The predicted octanol–water partition coefficient (Wildman–Crippen LogP) is 3.54. The van der Waals surface area contributed by atoms with Crippen molar-refractivity contribution in [2.75, 3.05) is 32.0 Å². The zero-order valence-corrected chi connectivity index (χ0v) is 17.2. The summed E-state index contributed by atoms with van der Waals surface area (Å²) in [5.74, 6) is 0.425. The molecule has 0 atom stereocenters. The first-order valence-electron chi connectivity index (χ1n) is 8.25. The number of aromatic nitrogens is 1. The van der Waals surface area contributed by atoms with Crippen molar-refractivity contribution in [3.63, 3.8) is 0 Å². The lowest BCUT2D eigenvalue weighted by molar-refractivity contribution is -0.137. The first kappa shape index (κ1) is 23.0. The number of guanidine groups is 1. The molecule has 0 unspecified atom stereocenters. The molecule has 0 aliphatic rings. The molecular weight excluding hydrogens is 470 g/mol. The summed E-state index contributed by atoms with van der Waals surface area (Å²) in [6.45, 7) is 1.38. The number of pyridine rings is 1. The molecule has 0 radical (unpaired) electrons. The molecule has 0 aliphatic carbocycles. The number of hydrogen-bond donors (Lipinski definition) is 3. The van der Waals surface area contributed by atoms with Crippen molar-refractivity contribution in [1.29, 1.82) is 0 Å². The molecule has 0 fully saturated rings. The van der Waals surface area contributed by atoms with Crippen molar-refractivity contribution in [3.8, 4) is 0 Å². The van der Waals surface area contributed by atoms with Crippen molar-refractivity contribution >= 4 is 35.8 Å². The maximum atomic E-state index is 12.9. The Morgan fingerprint density at radius 3 is 2.37 bits per heavy atom. The van der Waals surface area contributed by atoms with E-state index in [2.05, 4.69) is 25.9 Å². The summed E-state index contributed by atoms with van der Waals surface area (Å²) in [5, 5.41) is 8.92. The summed E-state index contributed by atoms with van der Waals surface area (Å²) >= 11 is 0. The molecule has 1 aromatic carbocycles. The van der Waals surface area contributed by atoms with Crippen LogP contribution < -0.4 is 16.0 Å². The molecule has 0 saturated carbocycles. The number of nitrogens with one attached hydrogen (secondary N) is 3. The average molecular weight is 493 g/mol. The number of alkyl halides is 3. The van der Waals surface area contributed by atoms with E-state index in [4.69, 9.17) is 0 Å². The van der Waals surface area contributed by atoms with E-state index in [0.29, 0.717) is 19.0 Å². The van der Waals surface area contributed by atoms with Crippen LogP contribution in [0.15, 0.2) is 53.7 Å². The number of aliphatic imine (C=N–C) groups is 1. The van der Waals surface area contributed by atoms with E-state index in [9.17, 15) is 13.2 Å². The van der Waals surface area contributed by atoms with Crippen molar-refractivity contribution < 1.29 is 13.2 Å². The Morgan fingerprint density at radius 1 is 1.00 bits per heavy atom. The van der Waals surface area contributed by atoms with Crippen LogP contribution in [-0.2, 0) is 12.6 Å². The molecule has 0 saturated heterocycles. The van der Waals surface area contributed by atoms with Gasteiger partial charge in [0.1, 0.15) is 5.82 Å². The van der Waals surface area contributed by atoms with Gasteiger partial charge in [0.15, 0.2) is 5.96 Å². The highest BCUT2D eigenvalue weighted by Crippen LogP contribution is 2.33. The molecule has 1 aromatic heterocycles. The van der Waals surface area contributed by atoms with E-state index in [1.54, 1.807) is 7.05 Å². The molecule has 2 rings (SSSR count). The average Bonchev–Trinajstić information content (AvgIpc) is 2.64. The monoisotopic (exact) mass is 493 g/mol. The fraction of sp³-hybridized carbons (Fsp3) is 0.333. The van der Waals surface area contributed by atoms with E-state index >= 15 is 0 Å². The fourth-order valence-corrected chi connectivity index (χ4v) is 2.33. The smallest absolute Gasteiger partial charge is 0.368 e. The minimum Gasteiger partial charge on any atom is -0.368 e. The van der Waals surface area contributed by atoms with E-state index in [-0.39, 0.29) is 36.3 Å². The molecule has 1 heterocycles. The van der Waals surface area contributed by atoms with Gasteiger partial charge >= 0.3 is 6.18 Å². The lowest BCUT2D eigenvalue weighted by Gasteiger charge is -2.15. The highest BCUT2D eigenvalue weighted by atomic mass is 127. The fourth-order valence-electron chi connectivity index (χ4n) is 2.33. The maximum Gasteiger partial charge on any atom is 0.419 e. The zero-order valence-electron chi connectivity index (χ0n) is 14.9. The van der Waals surface area contributed by atoms with Crippen LogP contribution in [0.4, 0.5) is 19.0 Å². The Hall–Kier alpha value is -2.04. The molecule has 0 bridgehead atoms. The largest absolute Gasteiger partial charge is 0.419 e. The second-order valence-electron chi connectivity index (χ2n) is 5.49. The Labute approximate surface area is 173 Å². The number of anilines is 1. The summed E-state index contributed by atoms with van der Waals surface area (Å²) in [6.07, 6.45) is -2.25. The zero-order chi connectivity index (χ0) is 18.8. The topological polar surface area (TPSA) is 61.3 Å². The molecule has 148 valence electrons. The number of hydrogen-bond acceptors (Lipinski definition) is 3. The van der Waals surface area contributed by atoms with Crippen molar-refractivity contribution in [2.24, 2.45) is 4.99 Å². The van der Waals surface area contributed by atoms with E-state index in [1.807, 2.05) is 30.3 Å². The minimum absolute atomic E-state index is 0. The number of rotatable bonds is 7. The van der Waals surface area contributed by atoms with Crippen LogP contribution >= 0.6 is 24.0 Å². The first-order valence-corrected chi connectivity index (χ1v) is 8.25. The molecule has 5 nitrogen and oxygen atoms in total. The third kappa shape index (κ3) is 8.02. The lowest BCUT2D eigenvalue weighted by Crippen LogP contribution is -2.40. The highest BCUT2D eigenvalue weighted by molar-refractivity contribution is 14.0. The van der Waals surface area contributed by atoms with Crippen LogP contribution in [0.3, 0.4) is 0 Å². The molecule has 3 N–H and O–H groups in total. The van der Waals surface area contributed by atoms with Crippen molar-refractivity contribution in [2.45, 2.75) is 12.6 Å². The Bertz CT molecular complexity index is 708. The predicted molar refractivity (Wildman–Crippen MR) is 113 cm³/mol. The van der Waals surface area contributed by atoms with Crippen LogP contribution in [0, 0.1) is 0 Å². The minimum atomic E-state index is -4.43. The van der Waals surface area contributed by atoms with Gasteiger partial charge in [-0.05, 0) is 24.1 Å². The van der Waals surface area contributed by atoms with Gasteiger partial charge in [-0.1, -0.05) is 30.3 Å². The normalized spacial score (nSPS) is 11.5. The van der Waals surface area contributed by atoms with E-state index in [0.717, 1.165) is 12.5 Å². The van der Waals surface area contributed by atoms with Gasteiger partial charge in [0.05, 0.1) is 5.56 Å². The van der Waals surface area contributed by atoms with Gasteiger partial charge in [0, 0.05) is 32.9 Å². The van der Waals surface area contributed by atoms with Gasteiger partial charge in [-0.15, -0.1) is 24.0 Å². The van der Waals surface area contributed by atoms with Gasteiger partial charge in [0.2, 0.25) is 0 Å². The summed E-state index contributed by atoms with van der Waals surface area (Å²) in [5.41, 5.74) is 0.442. The van der Waals surface area contributed by atoms with Crippen molar-refractivity contribution in [1.82, 2.24) is 15.6 Å². The summed E-state index contributed by atoms with van der Waals surface area (Å²) in [7, 11) is 1.64. The second-order valence-corrected chi connectivity index (χ2v) is 5.49. The quantitative estimate of drug-likeness (QED) is 0.239.